The van der Waals surface area contributed by atoms with Crippen LogP contribution in [0.2, 0.25) is 0 Å². The van der Waals surface area contributed by atoms with Crippen LogP contribution in [0.3, 0.4) is 0 Å². The first-order valence-corrected chi connectivity index (χ1v) is 12.2. The standard InChI is InChI=1S/C31H28O6/c1-35-24-16-7-5-14-22(24)26-28(30(32)33)27(23-15-6-8-17-25(23)36-2)29(26)31(34)37-18-20-12-9-11-19-10-3-4-13-21(19)20/h3-17,26-29H,18H2,1-2H3,(H,32,33)/t26-,27-,28?,29?/m0/s1. The summed E-state index contributed by atoms with van der Waals surface area (Å²) in [6.07, 6.45) is 0. The fourth-order valence-electron chi connectivity index (χ4n) is 5.67. The molecule has 37 heavy (non-hydrogen) atoms. The Balaban J connectivity index is 1.54. The predicted molar refractivity (Wildman–Crippen MR) is 140 cm³/mol. The number of esters is 1. The van der Waals surface area contributed by atoms with Crippen LogP contribution in [0, 0.1) is 11.8 Å². The number of hydrogen-bond acceptors (Lipinski definition) is 5. The predicted octanol–water partition coefficient (Wildman–Crippen LogP) is 5.80. The molecule has 6 nitrogen and oxygen atoms in total. The average Bonchev–Trinajstić information content (AvgIpc) is 2.91. The van der Waals surface area contributed by atoms with E-state index in [4.69, 9.17) is 14.2 Å². The minimum Gasteiger partial charge on any atom is -0.496 e. The van der Waals surface area contributed by atoms with Crippen molar-refractivity contribution < 1.29 is 28.9 Å². The summed E-state index contributed by atoms with van der Waals surface area (Å²) in [5, 5.41) is 12.4. The van der Waals surface area contributed by atoms with Crippen molar-refractivity contribution >= 4 is 22.7 Å². The van der Waals surface area contributed by atoms with Gasteiger partial charge in [0.1, 0.15) is 18.1 Å². The van der Waals surface area contributed by atoms with E-state index < -0.39 is 35.6 Å². The van der Waals surface area contributed by atoms with Gasteiger partial charge in [-0.25, -0.2) is 0 Å². The third kappa shape index (κ3) is 4.40. The Morgan fingerprint density at radius 2 is 1.24 bits per heavy atom. The number of rotatable bonds is 8. The van der Waals surface area contributed by atoms with E-state index in [9.17, 15) is 14.7 Å². The zero-order valence-electron chi connectivity index (χ0n) is 20.7. The summed E-state index contributed by atoms with van der Waals surface area (Å²) in [6.45, 7) is 0.0890. The number of carbonyl (C=O) groups excluding carboxylic acids is 1. The molecule has 4 aromatic carbocycles. The van der Waals surface area contributed by atoms with Gasteiger partial charge in [-0.1, -0.05) is 78.9 Å². The van der Waals surface area contributed by atoms with E-state index in [2.05, 4.69) is 0 Å². The van der Waals surface area contributed by atoms with E-state index in [0.717, 1.165) is 16.3 Å². The van der Waals surface area contributed by atoms with Gasteiger partial charge in [0.15, 0.2) is 0 Å². The van der Waals surface area contributed by atoms with Crippen molar-refractivity contribution in [1.82, 2.24) is 0 Å². The molecule has 4 aromatic rings. The molecule has 1 aliphatic rings. The van der Waals surface area contributed by atoms with Crippen molar-refractivity contribution in [3.8, 4) is 11.5 Å². The number of methoxy groups -OCH3 is 2. The summed E-state index contributed by atoms with van der Waals surface area (Å²) in [4.78, 5) is 26.4. The molecule has 0 radical (unpaired) electrons. The number of aliphatic carboxylic acids is 1. The van der Waals surface area contributed by atoms with Crippen LogP contribution in [-0.4, -0.2) is 31.3 Å². The van der Waals surface area contributed by atoms with Crippen LogP contribution in [-0.2, 0) is 20.9 Å². The van der Waals surface area contributed by atoms with Crippen LogP contribution in [0.25, 0.3) is 10.8 Å². The number of benzene rings is 4. The minimum atomic E-state index is -0.982. The van der Waals surface area contributed by atoms with Crippen LogP contribution in [0.1, 0.15) is 28.5 Å². The van der Waals surface area contributed by atoms with E-state index in [1.54, 1.807) is 26.4 Å². The first kappa shape index (κ1) is 24.4. The molecule has 1 aliphatic carbocycles. The maximum absolute atomic E-state index is 13.8. The summed E-state index contributed by atoms with van der Waals surface area (Å²) in [6, 6.07) is 28.3. The largest absolute Gasteiger partial charge is 0.496 e. The number of carboxylic acid groups (broad SMARTS) is 1. The van der Waals surface area contributed by atoms with Gasteiger partial charge in [-0.3, -0.25) is 9.59 Å². The molecular weight excluding hydrogens is 468 g/mol. The molecule has 188 valence electrons. The summed E-state index contributed by atoms with van der Waals surface area (Å²) in [7, 11) is 3.08. The van der Waals surface area contributed by atoms with Crippen molar-refractivity contribution in [3.05, 3.63) is 108 Å². The van der Waals surface area contributed by atoms with Crippen LogP contribution in [0.5, 0.6) is 11.5 Å². The number of fused-ring (bicyclic) bond motifs is 1. The van der Waals surface area contributed by atoms with Gasteiger partial charge in [0.05, 0.1) is 26.1 Å². The highest BCUT2D eigenvalue weighted by atomic mass is 16.5. The fourth-order valence-corrected chi connectivity index (χ4v) is 5.67. The van der Waals surface area contributed by atoms with Gasteiger partial charge in [-0.15, -0.1) is 0 Å². The Bertz CT molecular complexity index is 1380. The third-order valence-corrected chi connectivity index (χ3v) is 7.35. The fraction of sp³-hybridized carbons (Fsp3) is 0.226. The first-order valence-electron chi connectivity index (χ1n) is 12.2. The van der Waals surface area contributed by atoms with Crippen LogP contribution >= 0.6 is 0 Å². The molecule has 5 rings (SSSR count). The van der Waals surface area contributed by atoms with Gasteiger partial charge in [0, 0.05) is 11.8 Å². The highest BCUT2D eigenvalue weighted by molar-refractivity contribution is 5.87. The minimum absolute atomic E-state index is 0.0890. The van der Waals surface area contributed by atoms with E-state index in [1.807, 2.05) is 78.9 Å². The summed E-state index contributed by atoms with van der Waals surface area (Å²) in [5.74, 6) is -3.17. The van der Waals surface area contributed by atoms with Crippen molar-refractivity contribution in [1.29, 1.82) is 0 Å². The lowest BCUT2D eigenvalue weighted by molar-refractivity contribution is -0.165. The van der Waals surface area contributed by atoms with E-state index >= 15 is 0 Å². The molecule has 0 heterocycles. The topological polar surface area (TPSA) is 82.1 Å². The van der Waals surface area contributed by atoms with Gasteiger partial charge in [-0.2, -0.15) is 0 Å². The quantitative estimate of drug-likeness (QED) is 0.311. The van der Waals surface area contributed by atoms with E-state index in [-0.39, 0.29) is 6.61 Å². The molecule has 1 N–H and O–H groups in total. The molecule has 0 unspecified atom stereocenters. The SMILES string of the molecule is COc1ccccc1[C@H]1C(C(=O)O)[C@H](c2ccccc2OC)C1C(=O)OCc1cccc2ccccc12. The lowest BCUT2D eigenvalue weighted by Gasteiger charge is -2.49. The zero-order chi connectivity index (χ0) is 25.9. The molecule has 6 heteroatoms. The molecule has 1 fully saturated rings. The number of carbonyl (C=O) groups is 2. The second kappa shape index (κ2) is 10.3. The molecular formula is C31H28O6. The Morgan fingerprint density at radius 1 is 0.703 bits per heavy atom. The van der Waals surface area contributed by atoms with Gasteiger partial charge in [0.2, 0.25) is 0 Å². The molecule has 0 saturated heterocycles. The van der Waals surface area contributed by atoms with E-state index in [0.29, 0.717) is 22.6 Å². The Labute approximate surface area is 215 Å². The van der Waals surface area contributed by atoms with Crippen molar-refractivity contribution in [2.24, 2.45) is 11.8 Å². The number of carboxylic acids is 1. The Hall–Kier alpha value is -4.32. The smallest absolute Gasteiger partial charge is 0.310 e. The highest BCUT2D eigenvalue weighted by Crippen LogP contribution is 2.60. The molecule has 0 amide bonds. The molecule has 0 aromatic heterocycles. The molecule has 0 spiro atoms. The molecule has 0 bridgehead atoms. The zero-order valence-corrected chi connectivity index (χ0v) is 20.7. The lowest BCUT2D eigenvalue weighted by Crippen LogP contribution is -2.51. The van der Waals surface area contributed by atoms with Gasteiger partial charge >= 0.3 is 11.9 Å². The second-order valence-corrected chi connectivity index (χ2v) is 9.17. The maximum atomic E-state index is 13.8. The number of para-hydroxylation sites is 2. The van der Waals surface area contributed by atoms with Gasteiger partial charge < -0.3 is 19.3 Å². The second-order valence-electron chi connectivity index (χ2n) is 9.17. The molecule has 0 aliphatic heterocycles. The van der Waals surface area contributed by atoms with Crippen LogP contribution in [0.4, 0.5) is 0 Å². The summed E-state index contributed by atoms with van der Waals surface area (Å²) in [5.41, 5.74) is 2.24. The average molecular weight is 497 g/mol. The lowest BCUT2D eigenvalue weighted by atomic mass is 9.52. The van der Waals surface area contributed by atoms with Crippen molar-refractivity contribution in [2.45, 2.75) is 18.4 Å². The number of hydrogen-bond donors (Lipinski definition) is 1. The molecule has 2 atom stereocenters. The third-order valence-electron chi connectivity index (χ3n) is 7.35. The van der Waals surface area contributed by atoms with E-state index in [1.165, 1.54) is 0 Å². The van der Waals surface area contributed by atoms with Crippen molar-refractivity contribution in [2.75, 3.05) is 14.2 Å². The number of ether oxygens (including phenoxy) is 3. The first-order chi connectivity index (χ1) is 18.0. The van der Waals surface area contributed by atoms with Crippen molar-refractivity contribution in [3.63, 3.8) is 0 Å². The van der Waals surface area contributed by atoms with Gasteiger partial charge in [-0.05, 0) is 39.6 Å². The normalized spacial score (nSPS) is 20.6. The maximum Gasteiger partial charge on any atom is 0.310 e. The van der Waals surface area contributed by atoms with Crippen LogP contribution < -0.4 is 9.47 Å². The monoisotopic (exact) mass is 496 g/mol. The summed E-state index contributed by atoms with van der Waals surface area (Å²) >= 11 is 0. The Morgan fingerprint density at radius 3 is 1.84 bits per heavy atom. The highest BCUT2D eigenvalue weighted by Gasteiger charge is 2.60. The Kier molecular flexibility index (Phi) is 6.82. The van der Waals surface area contributed by atoms with Gasteiger partial charge in [0.25, 0.3) is 0 Å². The molecule has 1 saturated carbocycles. The van der Waals surface area contributed by atoms with Crippen LogP contribution in [0.15, 0.2) is 91.0 Å². The summed E-state index contributed by atoms with van der Waals surface area (Å²) < 4.78 is 17.0.